The van der Waals surface area contributed by atoms with Gasteiger partial charge in [0.2, 0.25) is 0 Å². The molecule has 0 aliphatic carbocycles. The average Bonchev–Trinajstić information content (AvgIpc) is 2.25. The SMILES string of the molecule is OB(O)c1cnc2ccc(OC(F)(F)F)cc2c1. The predicted octanol–water partition coefficient (Wildman–Crippen LogP) is 0.813. The van der Waals surface area contributed by atoms with Crippen LogP contribution in [-0.2, 0) is 0 Å². The van der Waals surface area contributed by atoms with E-state index in [0.29, 0.717) is 10.9 Å². The molecule has 94 valence electrons. The van der Waals surface area contributed by atoms with Crippen LogP contribution in [0.4, 0.5) is 13.2 Å². The van der Waals surface area contributed by atoms with Gasteiger partial charge in [0.15, 0.2) is 0 Å². The zero-order valence-electron chi connectivity index (χ0n) is 8.85. The second-order valence-electron chi connectivity index (χ2n) is 3.54. The lowest BCUT2D eigenvalue weighted by molar-refractivity contribution is -0.274. The van der Waals surface area contributed by atoms with Crippen LogP contribution in [-0.4, -0.2) is 28.5 Å². The maximum atomic E-state index is 12.0. The molecule has 0 saturated carbocycles. The fraction of sp³-hybridized carbons (Fsp3) is 0.100. The highest BCUT2D eigenvalue weighted by molar-refractivity contribution is 6.58. The number of fused-ring (bicyclic) bond motifs is 1. The van der Waals surface area contributed by atoms with Crippen molar-refractivity contribution in [2.24, 2.45) is 0 Å². The van der Waals surface area contributed by atoms with Crippen molar-refractivity contribution in [3.63, 3.8) is 0 Å². The van der Waals surface area contributed by atoms with Gasteiger partial charge in [0.25, 0.3) is 0 Å². The normalized spacial score (nSPS) is 11.6. The first kappa shape index (κ1) is 12.7. The molecular formula is C10H7BF3NO3. The third kappa shape index (κ3) is 2.90. The van der Waals surface area contributed by atoms with E-state index >= 15 is 0 Å². The average molecular weight is 257 g/mol. The van der Waals surface area contributed by atoms with Gasteiger partial charge < -0.3 is 14.8 Å². The Hall–Kier alpha value is -1.80. The molecule has 2 N–H and O–H groups in total. The summed E-state index contributed by atoms with van der Waals surface area (Å²) in [6.45, 7) is 0. The van der Waals surface area contributed by atoms with E-state index in [1.54, 1.807) is 0 Å². The summed E-state index contributed by atoms with van der Waals surface area (Å²) in [6, 6.07) is 4.94. The van der Waals surface area contributed by atoms with E-state index < -0.39 is 13.5 Å². The van der Waals surface area contributed by atoms with Crippen LogP contribution in [0.5, 0.6) is 5.75 Å². The Bertz CT molecular complexity index is 574. The number of hydrogen-bond donors (Lipinski definition) is 2. The molecule has 18 heavy (non-hydrogen) atoms. The number of alkyl halides is 3. The number of hydrogen-bond acceptors (Lipinski definition) is 4. The number of benzene rings is 1. The van der Waals surface area contributed by atoms with Crippen molar-refractivity contribution in [3.05, 3.63) is 30.5 Å². The number of rotatable bonds is 2. The molecule has 0 radical (unpaired) electrons. The Kier molecular flexibility index (Phi) is 3.14. The van der Waals surface area contributed by atoms with E-state index in [-0.39, 0.29) is 11.2 Å². The highest BCUT2D eigenvalue weighted by Gasteiger charge is 2.31. The third-order valence-corrected chi connectivity index (χ3v) is 2.21. The van der Waals surface area contributed by atoms with Crippen molar-refractivity contribution in [2.75, 3.05) is 0 Å². The molecule has 0 spiro atoms. The number of ether oxygens (including phenoxy) is 1. The lowest BCUT2D eigenvalue weighted by Gasteiger charge is -2.09. The molecule has 2 aromatic rings. The van der Waals surface area contributed by atoms with Gasteiger partial charge in [0.05, 0.1) is 5.52 Å². The molecule has 4 nitrogen and oxygen atoms in total. The minimum absolute atomic E-state index is 0.0895. The van der Waals surface area contributed by atoms with Crippen molar-refractivity contribution in [2.45, 2.75) is 6.36 Å². The molecular weight excluding hydrogens is 250 g/mol. The lowest BCUT2D eigenvalue weighted by atomic mass is 9.81. The van der Waals surface area contributed by atoms with Crippen molar-refractivity contribution in [1.82, 2.24) is 4.98 Å². The lowest BCUT2D eigenvalue weighted by Crippen LogP contribution is -2.30. The first-order valence-electron chi connectivity index (χ1n) is 4.87. The van der Waals surface area contributed by atoms with Crippen molar-refractivity contribution < 1.29 is 28.0 Å². The second kappa shape index (κ2) is 4.47. The summed E-state index contributed by atoms with van der Waals surface area (Å²) in [5, 5.41) is 18.2. The summed E-state index contributed by atoms with van der Waals surface area (Å²) < 4.78 is 39.9. The van der Waals surface area contributed by atoms with Crippen molar-refractivity contribution >= 4 is 23.5 Å². The molecule has 0 saturated heterocycles. The quantitative estimate of drug-likeness (QED) is 0.781. The summed E-state index contributed by atoms with van der Waals surface area (Å²) >= 11 is 0. The number of pyridine rings is 1. The fourth-order valence-electron chi connectivity index (χ4n) is 1.47. The molecule has 0 fully saturated rings. The van der Waals surface area contributed by atoms with Gasteiger partial charge in [-0.15, -0.1) is 13.2 Å². The van der Waals surface area contributed by atoms with Gasteiger partial charge in [-0.3, -0.25) is 4.98 Å². The Labute approximate surface area is 99.8 Å². The van der Waals surface area contributed by atoms with Gasteiger partial charge in [0, 0.05) is 17.0 Å². The number of nitrogens with zero attached hydrogens (tertiary/aromatic N) is 1. The van der Waals surface area contributed by atoms with Crippen molar-refractivity contribution in [1.29, 1.82) is 0 Å². The van der Waals surface area contributed by atoms with E-state index in [0.717, 1.165) is 12.1 Å². The van der Waals surface area contributed by atoms with Gasteiger partial charge >= 0.3 is 13.5 Å². The minimum atomic E-state index is -4.77. The van der Waals surface area contributed by atoms with Crippen LogP contribution in [0.2, 0.25) is 0 Å². The predicted molar refractivity (Wildman–Crippen MR) is 58.3 cm³/mol. The van der Waals surface area contributed by atoms with Crippen LogP contribution in [0.1, 0.15) is 0 Å². The molecule has 0 aliphatic rings. The first-order valence-corrected chi connectivity index (χ1v) is 4.87. The molecule has 8 heteroatoms. The summed E-state index contributed by atoms with van der Waals surface area (Å²) in [4.78, 5) is 3.88. The maximum Gasteiger partial charge on any atom is 0.573 e. The van der Waals surface area contributed by atoms with Crippen LogP contribution >= 0.6 is 0 Å². The molecule has 0 bridgehead atoms. The standard InChI is InChI=1S/C10H7BF3NO3/c12-10(13,14)18-8-1-2-9-6(4-8)3-7(5-15-9)11(16)17/h1-5,16-17H. The zero-order valence-corrected chi connectivity index (χ0v) is 8.85. The van der Waals surface area contributed by atoms with Gasteiger partial charge in [-0.1, -0.05) is 6.07 Å². The monoisotopic (exact) mass is 257 g/mol. The summed E-state index contributed by atoms with van der Waals surface area (Å²) in [5.41, 5.74) is 0.514. The van der Waals surface area contributed by atoms with Crippen LogP contribution in [0.15, 0.2) is 30.5 Å². The van der Waals surface area contributed by atoms with Gasteiger partial charge in [-0.05, 0) is 18.2 Å². The largest absolute Gasteiger partial charge is 0.573 e. The highest BCUT2D eigenvalue weighted by atomic mass is 19.4. The third-order valence-electron chi connectivity index (χ3n) is 2.21. The Morgan fingerprint density at radius 3 is 2.50 bits per heavy atom. The Morgan fingerprint density at radius 1 is 1.17 bits per heavy atom. The smallest absolute Gasteiger partial charge is 0.423 e. The van der Waals surface area contributed by atoms with Crippen LogP contribution in [0.3, 0.4) is 0 Å². The van der Waals surface area contributed by atoms with E-state index in [2.05, 4.69) is 9.72 Å². The summed E-state index contributed by atoms with van der Waals surface area (Å²) in [6.07, 6.45) is -3.54. The van der Waals surface area contributed by atoms with E-state index in [1.165, 1.54) is 18.3 Å². The molecule has 1 aromatic carbocycles. The minimum Gasteiger partial charge on any atom is -0.423 e. The molecule has 1 aromatic heterocycles. The van der Waals surface area contributed by atoms with Crippen molar-refractivity contribution in [3.8, 4) is 5.75 Å². The molecule has 1 heterocycles. The zero-order chi connectivity index (χ0) is 13.3. The van der Waals surface area contributed by atoms with E-state index in [4.69, 9.17) is 10.0 Å². The first-order chi connectivity index (χ1) is 8.35. The molecule has 0 aliphatic heterocycles. The van der Waals surface area contributed by atoms with Crippen LogP contribution < -0.4 is 10.2 Å². The van der Waals surface area contributed by atoms with Gasteiger partial charge in [-0.2, -0.15) is 0 Å². The fourth-order valence-corrected chi connectivity index (χ4v) is 1.47. The Balaban J connectivity index is 2.42. The summed E-state index contributed by atoms with van der Waals surface area (Å²) in [7, 11) is -1.73. The topological polar surface area (TPSA) is 62.6 Å². The summed E-state index contributed by atoms with van der Waals surface area (Å²) in [5.74, 6) is -0.388. The maximum absolute atomic E-state index is 12.0. The van der Waals surface area contributed by atoms with Crippen LogP contribution in [0, 0.1) is 0 Å². The van der Waals surface area contributed by atoms with E-state index in [9.17, 15) is 13.2 Å². The molecule has 0 unspecified atom stereocenters. The van der Waals surface area contributed by atoms with Gasteiger partial charge in [-0.25, -0.2) is 0 Å². The van der Waals surface area contributed by atoms with Crippen LogP contribution in [0.25, 0.3) is 10.9 Å². The molecule has 2 rings (SSSR count). The molecule has 0 atom stereocenters. The van der Waals surface area contributed by atoms with E-state index in [1.807, 2.05) is 0 Å². The molecule has 0 amide bonds. The number of aromatic nitrogens is 1. The second-order valence-corrected chi connectivity index (χ2v) is 3.54. The highest BCUT2D eigenvalue weighted by Crippen LogP contribution is 2.25. The van der Waals surface area contributed by atoms with Gasteiger partial charge in [0.1, 0.15) is 5.75 Å². The Morgan fingerprint density at radius 2 is 1.89 bits per heavy atom. The number of halogens is 3.